The van der Waals surface area contributed by atoms with Gasteiger partial charge in [0.25, 0.3) is 5.91 Å². The number of furan rings is 1. The predicted molar refractivity (Wildman–Crippen MR) is 128 cm³/mol. The van der Waals surface area contributed by atoms with E-state index in [-0.39, 0.29) is 17.9 Å². The van der Waals surface area contributed by atoms with Crippen molar-refractivity contribution in [1.29, 1.82) is 0 Å². The predicted octanol–water partition coefficient (Wildman–Crippen LogP) is 4.08. The minimum atomic E-state index is -0.916. The molecule has 5 rings (SSSR count). The van der Waals surface area contributed by atoms with Crippen molar-refractivity contribution in [2.75, 3.05) is 26.2 Å². The number of hydrogen-bond donors (Lipinski definition) is 1. The van der Waals surface area contributed by atoms with Gasteiger partial charge >= 0.3 is 0 Å². The molecule has 0 bridgehead atoms. The molecule has 1 N–H and O–H groups in total. The van der Waals surface area contributed by atoms with E-state index in [4.69, 9.17) is 4.42 Å². The van der Waals surface area contributed by atoms with E-state index in [0.717, 1.165) is 68.6 Å². The molecule has 3 aliphatic rings. The van der Waals surface area contributed by atoms with E-state index in [1.165, 1.54) is 25.7 Å². The van der Waals surface area contributed by atoms with E-state index in [1.807, 2.05) is 35.4 Å². The molecular formula is C26H38N4O3. The highest BCUT2D eigenvalue weighted by atomic mass is 16.3. The first kappa shape index (κ1) is 22.5. The number of rotatable bonds is 6. The van der Waals surface area contributed by atoms with E-state index in [2.05, 4.69) is 10.2 Å². The third kappa shape index (κ3) is 4.32. The van der Waals surface area contributed by atoms with Crippen LogP contribution in [0.15, 0.2) is 16.5 Å². The molecule has 0 aromatic carbocycles. The minimum Gasteiger partial charge on any atom is -0.460 e. The number of likely N-dealkylation sites (tertiary alicyclic amines) is 1. The molecule has 7 nitrogen and oxygen atoms in total. The average molecular weight is 455 g/mol. The normalized spacial score (nSPS) is 24.9. The maximum absolute atomic E-state index is 13.7. The molecule has 1 unspecified atom stereocenters. The molecular weight excluding hydrogens is 416 g/mol. The van der Waals surface area contributed by atoms with Crippen LogP contribution in [-0.4, -0.2) is 63.9 Å². The summed E-state index contributed by atoms with van der Waals surface area (Å²) in [5.41, 5.74) is 1.34. The quantitative estimate of drug-likeness (QED) is 0.714. The molecule has 2 fully saturated rings. The van der Waals surface area contributed by atoms with Crippen molar-refractivity contribution >= 4 is 22.9 Å². The van der Waals surface area contributed by atoms with Crippen LogP contribution in [0.25, 0.3) is 11.1 Å². The highest BCUT2D eigenvalue weighted by Gasteiger charge is 2.48. The zero-order valence-corrected chi connectivity index (χ0v) is 20.2. The van der Waals surface area contributed by atoms with Gasteiger partial charge in [-0.05, 0) is 65.6 Å². The van der Waals surface area contributed by atoms with Crippen LogP contribution in [0.1, 0.15) is 81.0 Å². The molecule has 0 radical (unpaired) electrons. The molecule has 4 heterocycles. The van der Waals surface area contributed by atoms with Crippen LogP contribution >= 0.6 is 0 Å². The van der Waals surface area contributed by atoms with Crippen LogP contribution in [0.5, 0.6) is 0 Å². The van der Waals surface area contributed by atoms with Gasteiger partial charge in [-0.25, -0.2) is 0 Å². The largest absolute Gasteiger partial charge is 0.460 e. The van der Waals surface area contributed by atoms with Crippen molar-refractivity contribution in [2.45, 2.75) is 89.8 Å². The van der Waals surface area contributed by atoms with Crippen LogP contribution in [0.2, 0.25) is 0 Å². The van der Waals surface area contributed by atoms with E-state index in [1.54, 1.807) is 0 Å². The summed E-state index contributed by atoms with van der Waals surface area (Å²) in [5, 5.41) is 3.32. The number of piperidine rings is 1. The van der Waals surface area contributed by atoms with Crippen molar-refractivity contribution in [3.05, 3.63) is 23.6 Å². The van der Waals surface area contributed by atoms with Gasteiger partial charge in [-0.2, -0.15) is 0 Å². The zero-order valence-electron chi connectivity index (χ0n) is 20.2. The first-order chi connectivity index (χ1) is 16.0. The lowest BCUT2D eigenvalue weighted by molar-refractivity contribution is -0.133. The van der Waals surface area contributed by atoms with Gasteiger partial charge < -0.3 is 24.1 Å². The molecule has 1 saturated carbocycles. The first-order valence-electron chi connectivity index (χ1n) is 12.9. The summed E-state index contributed by atoms with van der Waals surface area (Å²) in [7, 11) is 0. The van der Waals surface area contributed by atoms with E-state index in [0.29, 0.717) is 18.8 Å². The number of aromatic nitrogens is 1. The number of nitrogens with zero attached hydrogens (tertiary/aromatic N) is 3. The number of carbonyl (C=O) groups is 2. The second-order valence-electron chi connectivity index (χ2n) is 10.5. The van der Waals surface area contributed by atoms with Crippen molar-refractivity contribution in [3.8, 4) is 0 Å². The number of amides is 2. The lowest BCUT2D eigenvalue weighted by Gasteiger charge is -2.45. The van der Waals surface area contributed by atoms with Gasteiger partial charge in [0.15, 0.2) is 5.58 Å². The second kappa shape index (κ2) is 9.16. The molecule has 7 heteroatoms. The number of hydrogen-bond acceptors (Lipinski definition) is 4. The van der Waals surface area contributed by atoms with Crippen LogP contribution in [0.3, 0.4) is 0 Å². The SMILES string of the molecule is Cc1cc2c(cc3n2CC(C)(C(=O)NC2CCCCC2)N(CCCN2CCCCC2)C3=O)o1. The Labute approximate surface area is 196 Å². The summed E-state index contributed by atoms with van der Waals surface area (Å²) in [6, 6.07) is 4.04. The molecule has 1 aliphatic carbocycles. The monoisotopic (exact) mass is 454 g/mol. The molecule has 2 amide bonds. The standard InChI is InChI=1S/C26H38N4O3/c1-19-16-21-23(33-19)17-22-24(31)30(15-9-14-28-12-7-4-8-13-28)26(2,18-29(21)22)25(32)27-20-10-5-3-6-11-20/h16-17,20H,3-15,18H2,1-2H3,(H,27,32). The Hall–Kier alpha value is -2.28. The van der Waals surface area contributed by atoms with Gasteiger partial charge in [0, 0.05) is 24.7 Å². The molecule has 180 valence electrons. The lowest BCUT2D eigenvalue weighted by Crippen LogP contribution is -2.65. The molecule has 1 saturated heterocycles. The molecule has 1 atom stereocenters. The van der Waals surface area contributed by atoms with E-state index >= 15 is 0 Å². The van der Waals surface area contributed by atoms with E-state index in [9.17, 15) is 9.59 Å². The van der Waals surface area contributed by atoms with Gasteiger partial charge in [-0.1, -0.05) is 25.7 Å². The Morgan fingerprint density at radius 3 is 2.58 bits per heavy atom. The van der Waals surface area contributed by atoms with Crippen molar-refractivity contribution in [2.24, 2.45) is 0 Å². The minimum absolute atomic E-state index is 0.0200. The van der Waals surface area contributed by atoms with Gasteiger partial charge in [-0.3, -0.25) is 9.59 Å². The van der Waals surface area contributed by atoms with Gasteiger partial charge in [-0.15, -0.1) is 0 Å². The third-order valence-electron chi connectivity index (χ3n) is 7.97. The number of fused-ring (bicyclic) bond motifs is 3. The van der Waals surface area contributed by atoms with E-state index < -0.39 is 5.54 Å². The number of carbonyl (C=O) groups excluding carboxylic acids is 2. The Balaban J connectivity index is 1.40. The lowest BCUT2D eigenvalue weighted by atomic mass is 9.91. The summed E-state index contributed by atoms with van der Waals surface area (Å²) in [6.07, 6.45) is 10.4. The summed E-state index contributed by atoms with van der Waals surface area (Å²) in [6.45, 7) is 8.18. The molecule has 2 aliphatic heterocycles. The summed E-state index contributed by atoms with van der Waals surface area (Å²) < 4.78 is 7.81. The summed E-state index contributed by atoms with van der Waals surface area (Å²) in [4.78, 5) is 31.8. The topological polar surface area (TPSA) is 70.7 Å². The van der Waals surface area contributed by atoms with Crippen molar-refractivity contribution in [3.63, 3.8) is 0 Å². The number of nitrogens with one attached hydrogen (secondary N) is 1. The molecule has 0 spiro atoms. The van der Waals surface area contributed by atoms with Gasteiger partial charge in [0.2, 0.25) is 5.91 Å². The Morgan fingerprint density at radius 2 is 1.82 bits per heavy atom. The molecule has 2 aromatic heterocycles. The maximum atomic E-state index is 13.7. The van der Waals surface area contributed by atoms with Crippen LogP contribution in [0.4, 0.5) is 0 Å². The fourth-order valence-electron chi connectivity index (χ4n) is 6.03. The third-order valence-corrected chi connectivity index (χ3v) is 7.97. The maximum Gasteiger partial charge on any atom is 0.271 e. The Morgan fingerprint density at radius 1 is 1.09 bits per heavy atom. The fraction of sp³-hybridized carbons (Fsp3) is 0.692. The average Bonchev–Trinajstić information content (AvgIpc) is 3.34. The Kier molecular flexibility index (Phi) is 6.25. The fourth-order valence-corrected chi connectivity index (χ4v) is 6.03. The Bertz CT molecular complexity index is 1010. The first-order valence-corrected chi connectivity index (χ1v) is 12.9. The van der Waals surface area contributed by atoms with Gasteiger partial charge in [0.05, 0.1) is 12.1 Å². The zero-order chi connectivity index (χ0) is 23.0. The van der Waals surface area contributed by atoms with Crippen molar-refractivity contribution in [1.82, 2.24) is 19.7 Å². The summed E-state index contributed by atoms with van der Waals surface area (Å²) >= 11 is 0. The van der Waals surface area contributed by atoms with Crippen molar-refractivity contribution < 1.29 is 14.0 Å². The second-order valence-corrected chi connectivity index (χ2v) is 10.5. The smallest absolute Gasteiger partial charge is 0.271 e. The van der Waals surface area contributed by atoms with Crippen LogP contribution < -0.4 is 5.32 Å². The number of aryl methyl sites for hydroxylation is 1. The van der Waals surface area contributed by atoms with Gasteiger partial charge in [0.1, 0.15) is 17.0 Å². The molecule has 33 heavy (non-hydrogen) atoms. The molecule has 2 aromatic rings. The summed E-state index contributed by atoms with van der Waals surface area (Å²) in [5.74, 6) is 0.735. The highest BCUT2D eigenvalue weighted by molar-refractivity contribution is 6.03. The van der Waals surface area contributed by atoms with Crippen LogP contribution in [-0.2, 0) is 11.3 Å². The highest BCUT2D eigenvalue weighted by Crippen LogP contribution is 2.34. The van der Waals surface area contributed by atoms with Crippen LogP contribution in [0, 0.1) is 6.92 Å².